The fourth-order valence-electron chi connectivity index (χ4n) is 3.19. The second-order valence-corrected chi connectivity index (χ2v) is 7.29. The van der Waals surface area contributed by atoms with Crippen LogP contribution in [0, 0.1) is 0 Å². The third-order valence-electron chi connectivity index (χ3n) is 4.62. The van der Waals surface area contributed by atoms with Gasteiger partial charge in [0.25, 0.3) is 11.8 Å². The maximum absolute atomic E-state index is 12.8. The van der Waals surface area contributed by atoms with Gasteiger partial charge in [-0.05, 0) is 51.0 Å². The van der Waals surface area contributed by atoms with Crippen molar-refractivity contribution in [2.75, 3.05) is 13.1 Å². The molecule has 8 heteroatoms. The average Bonchev–Trinajstić information content (AvgIpc) is 2.83. The molecule has 2 fully saturated rings. The summed E-state index contributed by atoms with van der Waals surface area (Å²) >= 11 is 5.86. The lowest BCUT2D eigenvalue weighted by atomic mass is 9.87. The number of amides is 4. The van der Waals surface area contributed by atoms with Crippen molar-refractivity contribution in [2.45, 2.75) is 37.8 Å². The molecule has 3 rings (SSSR count). The zero-order chi connectivity index (χ0) is 18.2. The number of rotatable bonds is 3. The van der Waals surface area contributed by atoms with Gasteiger partial charge >= 0.3 is 6.03 Å². The third-order valence-corrected chi connectivity index (χ3v) is 4.87. The Morgan fingerprint density at radius 2 is 1.80 bits per heavy atom. The van der Waals surface area contributed by atoms with E-state index in [-0.39, 0.29) is 11.8 Å². The summed E-state index contributed by atoms with van der Waals surface area (Å²) in [5, 5.41) is 5.53. The summed E-state index contributed by atoms with van der Waals surface area (Å²) in [6, 6.07) is 6.34. The van der Waals surface area contributed by atoms with Crippen LogP contribution in [0.3, 0.4) is 0 Å². The highest BCUT2D eigenvalue weighted by Crippen LogP contribution is 2.28. The number of imide groups is 1. The first-order valence-electron chi connectivity index (χ1n) is 8.09. The van der Waals surface area contributed by atoms with E-state index >= 15 is 0 Å². The van der Waals surface area contributed by atoms with E-state index in [9.17, 15) is 14.4 Å². The number of piperidine rings is 1. The second kappa shape index (κ2) is 6.22. The quantitative estimate of drug-likeness (QED) is 0.798. The van der Waals surface area contributed by atoms with Gasteiger partial charge in [-0.2, -0.15) is 0 Å². The molecule has 0 saturated carbocycles. The monoisotopic (exact) mass is 365 g/mol. The lowest BCUT2D eigenvalue weighted by Gasteiger charge is -2.40. The molecule has 7 nitrogen and oxygen atoms in total. The van der Waals surface area contributed by atoms with Crippen LogP contribution in [0.2, 0.25) is 5.02 Å². The van der Waals surface area contributed by atoms with Gasteiger partial charge in [0.05, 0.1) is 0 Å². The van der Waals surface area contributed by atoms with Crippen molar-refractivity contribution >= 4 is 29.4 Å². The van der Waals surface area contributed by atoms with Gasteiger partial charge in [0.2, 0.25) is 0 Å². The molecule has 2 N–H and O–H groups in total. The van der Waals surface area contributed by atoms with E-state index in [1.807, 2.05) is 0 Å². The van der Waals surface area contributed by atoms with E-state index in [2.05, 4.69) is 10.6 Å². The smallest absolute Gasteiger partial charge is 0.322 e. The van der Waals surface area contributed by atoms with Crippen molar-refractivity contribution in [1.82, 2.24) is 15.5 Å². The Hall–Kier alpha value is -2.28. The minimum Gasteiger partial charge on any atom is -0.478 e. The summed E-state index contributed by atoms with van der Waals surface area (Å²) in [5.74, 6) is 0.0713. The predicted octanol–water partition coefficient (Wildman–Crippen LogP) is 1.70. The Bertz CT molecular complexity index is 709. The Morgan fingerprint density at radius 3 is 2.32 bits per heavy atom. The van der Waals surface area contributed by atoms with Crippen molar-refractivity contribution in [2.24, 2.45) is 0 Å². The molecule has 0 radical (unpaired) electrons. The Kier molecular flexibility index (Phi) is 4.36. The first kappa shape index (κ1) is 17.5. The van der Waals surface area contributed by atoms with E-state index in [0.717, 1.165) is 0 Å². The van der Waals surface area contributed by atoms with E-state index in [4.69, 9.17) is 16.3 Å². The van der Waals surface area contributed by atoms with Gasteiger partial charge in [0.15, 0.2) is 5.60 Å². The summed E-state index contributed by atoms with van der Waals surface area (Å²) in [6.07, 6.45) is 0.765. The summed E-state index contributed by atoms with van der Waals surface area (Å²) in [5.41, 5.74) is -1.95. The van der Waals surface area contributed by atoms with Crippen molar-refractivity contribution in [3.05, 3.63) is 29.3 Å². The summed E-state index contributed by atoms with van der Waals surface area (Å²) < 4.78 is 5.83. The Morgan fingerprint density at radius 1 is 1.20 bits per heavy atom. The predicted molar refractivity (Wildman–Crippen MR) is 91.4 cm³/mol. The molecule has 2 heterocycles. The topological polar surface area (TPSA) is 87.7 Å². The fourth-order valence-corrected chi connectivity index (χ4v) is 3.32. The molecule has 0 aromatic heterocycles. The van der Waals surface area contributed by atoms with Crippen LogP contribution in [0.5, 0.6) is 5.75 Å². The van der Waals surface area contributed by atoms with Crippen LogP contribution in [0.1, 0.15) is 26.7 Å². The Balaban J connectivity index is 1.64. The average molecular weight is 366 g/mol. The SMILES string of the molecule is CC(C)(Oc1ccc(Cl)cc1)C(=O)N1CCC2(CC1)NC(=O)NC2=O. The molecule has 2 aliphatic rings. The first-order valence-corrected chi connectivity index (χ1v) is 8.47. The van der Waals surface area contributed by atoms with Crippen LogP contribution in [0.15, 0.2) is 24.3 Å². The largest absolute Gasteiger partial charge is 0.478 e. The van der Waals surface area contributed by atoms with Gasteiger partial charge in [0, 0.05) is 18.1 Å². The van der Waals surface area contributed by atoms with E-state index in [1.165, 1.54) is 0 Å². The van der Waals surface area contributed by atoms with Crippen LogP contribution in [0.4, 0.5) is 4.79 Å². The number of likely N-dealkylation sites (tertiary alicyclic amines) is 1. The van der Waals surface area contributed by atoms with Crippen LogP contribution in [-0.4, -0.2) is 47.0 Å². The third kappa shape index (κ3) is 3.42. The summed E-state index contributed by atoms with van der Waals surface area (Å²) in [7, 11) is 0. The minimum absolute atomic E-state index is 0.165. The highest BCUT2D eigenvalue weighted by atomic mass is 35.5. The number of carbonyl (C=O) groups is 3. The molecule has 1 aromatic carbocycles. The molecule has 2 saturated heterocycles. The normalized spacial score (nSPS) is 19.6. The van der Waals surface area contributed by atoms with Crippen LogP contribution < -0.4 is 15.4 Å². The molecule has 0 aliphatic carbocycles. The van der Waals surface area contributed by atoms with Gasteiger partial charge in [-0.1, -0.05) is 11.6 Å². The van der Waals surface area contributed by atoms with Crippen LogP contribution in [-0.2, 0) is 9.59 Å². The Labute approximate surface area is 150 Å². The zero-order valence-corrected chi connectivity index (χ0v) is 14.9. The van der Waals surface area contributed by atoms with Crippen LogP contribution >= 0.6 is 11.6 Å². The lowest BCUT2D eigenvalue weighted by molar-refractivity contribution is -0.148. The summed E-state index contributed by atoms with van der Waals surface area (Å²) in [6.45, 7) is 4.16. The summed E-state index contributed by atoms with van der Waals surface area (Å²) in [4.78, 5) is 37.8. The van der Waals surface area contributed by atoms with Gasteiger partial charge in [-0.25, -0.2) is 4.79 Å². The van der Waals surface area contributed by atoms with Gasteiger partial charge in [-0.15, -0.1) is 0 Å². The molecule has 25 heavy (non-hydrogen) atoms. The molecule has 1 aromatic rings. The lowest BCUT2D eigenvalue weighted by Crippen LogP contribution is -2.59. The molecule has 0 bridgehead atoms. The maximum atomic E-state index is 12.8. The number of ether oxygens (including phenoxy) is 1. The number of benzene rings is 1. The van der Waals surface area contributed by atoms with Crippen LogP contribution in [0.25, 0.3) is 0 Å². The number of urea groups is 1. The standard InChI is InChI=1S/C17H20ClN3O4/c1-16(2,25-12-5-3-11(18)4-6-12)14(23)21-9-7-17(8-10-21)13(22)19-15(24)20-17/h3-6H,7-10H2,1-2H3,(H2,19,20,22,24). The molecule has 1 spiro atoms. The molecule has 0 atom stereocenters. The number of carbonyl (C=O) groups excluding carboxylic acids is 3. The molecule has 0 unspecified atom stereocenters. The van der Waals surface area contributed by atoms with Gasteiger partial charge in [-0.3, -0.25) is 14.9 Å². The van der Waals surface area contributed by atoms with Crippen molar-refractivity contribution < 1.29 is 19.1 Å². The molecule has 134 valence electrons. The highest BCUT2D eigenvalue weighted by molar-refractivity contribution is 6.30. The number of halogens is 1. The second-order valence-electron chi connectivity index (χ2n) is 6.85. The number of hydrogen-bond donors (Lipinski definition) is 2. The van der Waals surface area contributed by atoms with E-state index < -0.39 is 17.2 Å². The maximum Gasteiger partial charge on any atom is 0.322 e. The molecular weight excluding hydrogens is 346 g/mol. The minimum atomic E-state index is -1.06. The zero-order valence-electron chi connectivity index (χ0n) is 14.1. The highest BCUT2D eigenvalue weighted by Gasteiger charge is 2.49. The molecule has 4 amide bonds. The van der Waals surface area contributed by atoms with Gasteiger partial charge < -0.3 is 15.0 Å². The van der Waals surface area contributed by atoms with E-state index in [1.54, 1.807) is 43.0 Å². The molecular formula is C17H20ClN3O4. The number of hydrogen-bond acceptors (Lipinski definition) is 4. The number of nitrogens with zero attached hydrogens (tertiary/aromatic N) is 1. The molecule has 2 aliphatic heterocycles. The fraction of sp³-hybridized carbons (Fsp3) is 0.471. The van der Waals surface area contributed by atoms with E-state index in [0.29, 0.717) is 36.7 Å². The first-order chi connectivity index (χ1) is 11.7. The number of nitrogens with one attached hydrogen (secondary N) is 2. The van der Waals surface area contributed by atoms with Crippen molar-refractivity contribution in [3.63, 3.8) is 0 Å². The van der Waals surface area contributed by atoms with Crippen molar-refractivity contribution in [1.29, 1.82) is 0 Å². The van der Waals surface area contributed by atoms with Crippen molar-refractivity contribution in [3.8, 4) is 5.75 Å². The van der Waals surface area contributed by atoms with Gasteiger partial charge in [0.1, 0.15) is 11.3 Å².